The first-order chi connectivity index (χ1) is 28.4. The number of nitrogens with zero attached hydrogens (tertiary/aromatic N) is 3. The van der Waals surface area contributed by atoms with Gasteiger partial charge >= 0.3 is 6.09 Å². The summed E-state index contributed by atoms with van der Waals surface area (Å²) in [7, 11) is -4.07. The maximum atomic E-state index is 13.4. The quantitative estimate of drug-likeness (QED) is 0.157. The highest BCUT2D eigenvalue weighted by Gasteiger charge is 2.44. The zero-order valence-corrected chi connectivity index (χ0v) is 36.7. The second-order valence-corrected chi connectivity index (χ2v) is 20.3. The molecular weight excluding hydrogens is 833 g/mol. The number of carbonyl (C=O) groups excluding carboxylic acids is 3. The molecule has 3 aliphatic rings. The van der Waals surface area contributed by atoms with Gasteiger partial charge in [0.05, 0.1) is 22.5 Å². The Bertz CT molecular complexity index is 2210. The molecule has 4 heterocycles. The Morgan fingerprint density at radius 3 is 2.37 bits per heavy atom. The average Bonchev–Trinajstić information content (AvgIpc) is 3.96. The number of amides is 3. The number of carbonyl (C=O) groups is 3. The fourth-order valence-corrected chi connectivity index (χ4v) is 10.4. The Hall–Kier alpha value is -4.16. The van der Waals surface area contributed by atoms with E-state index in [1.807, 2.05) is 82.1 Å². The first-order valence-electron chi connectivity index (χ1n) is 20.0. The first-order valence-corrected chi connectivity index (χ1v) is 22.6. The number of thiophene rings is 1. The molecule has 5 atom stereocenters. The van der Waals surface area contributed by atoms with Crippen molar-refractivity contribution in [1.29, 1.82) is 0 Å². The number of fused-ring (bicyclic) bond motifs is 2. The van der Waals surface area contributed by atoms with Crippen LogP contribution in [0.2, 0.25) is 5.02 Å². The predicted molar refractivity (Wildman–Crippen MR) is 228 cm³/mol. The van der Waals surface area contributed by atoms with Crippen LogP contribution in [0.3, 0.4) is 0 Å². The number of sulfonamides is 1. The van der Waals surface area contributed by atoms with Crippen molar-refractivity contribution in [3.8, 4) is 0 Å². The molecule has 0 unspecified atom stereocenters. The lowest BCUT2D eigenvalue weighted by molar-refractivity contribution is -0.153. The van der Waals surface area contributed by atoms with Gasteiger partial charge in [0.15, 0.2) is 0 Å². The standard InChI is InChI=1S/C26H29ClFN3O5S2.C17H24N2O3/c1-15(2)9-20(30-26(34)23-10-16-5-3-4-6-22(16)37-23)25(33)29-12-17-13-31(14-21(17)32)38(35,36)24-8-7-18(28)11-19(24)27;1-17(2,3)21-16(20)18-10-14-11-19(22-15(14)12-18)9-13-7-5-4-6-8-13/h3-8,10-11,15,17,20-21,32H,9,12-14H2,1-2H3,(H,29,33)(H,30,34);4-8,14-15H,9-12H2,1-3H3/t17-,20-,21+;14-,15-/m01/s1. The Labute approximate surface area is 359 Å². The number of hydrogen-bond acceptors (Lipinski definition) is 10. The number of aliphatic hydroxyl groups excluding tert-OH is 1. The summed E-state index contributed by atoms with van der Waals surface area (Å²) in [6, 6.07) is 21.9. The van der Waals surface area contributed by atoms with Crippen LogP contribution >= 0.6 is 22.9 Å². The molecule has 0 spiro atoms. The number of rotatable bonds is 11. The van der Waals surface area contributed by atoms with Gasteiger partial charge in [-0.3, -0.25) is 14.4 Å². The lowest BCUT2D eigenvalue weighted by Crippen LogP contribution is -2.49. The van der Waals surface area contributed by atoms with Crippen molar-refractivity contribution in [2.45, 2.75) is 76.3 Å². The number of β-amino-alcohol motifs (C(OH)–C–C–N with tert-alkyl or cyclic N) is 1. The maximum Gasteiger partial charge on any atom is 0.410 e. The van der Waals surface area contributed by atoms with Crippen LogP contribution in [0.25, 0.3) is 10.1 Å². The second-order valence-electron chi connectivity index (χ2n) is 16.9. The zero-order valence-electron chi connectivity index (χ0n) is 34.3. The molecule has 0 radical (unpaired) electrons. The van der Waals surface area contributed by atoms with Crippen molar-refractivity contribution < 1.29 is 41.9 Å². The highest BCUT2D eigenvalue weighted by molar-refractivity contribution is 7.89. The molecule has 60 heavy (non-hydrogen) atoms. The van der Waals surface area contributed by atoms with Crippen LogP contribution in [-0.4, -0.2) is 109 Å². The summed E-state index contributed by atoms with van der Waals surface area (Å²) in [4.78, 5) is 46.1. The van der Waals surface area contributed by atoms with Gasteiger partial charge in [0, 0.05) is 55.8 Å². The molecule has 1 aromatic heterocycles. The molecule has 4 aromatic rings. The van der Waals surface area contributed by atoms with E-state index in [0.717, 1.165) is 45.7 Å². The van der Waals surface area contributed by atoms with Gasteiger partial charge in [-0.1, -0.05) is 74.0 Å². The van der Waals surface area contributed by atoms with Crippen molar-refractivity contribution in [2.24, 2.45) is 17.8 Å². The molecular formula is C43H53ClFN5O8S2. The fraction of sp³-hybridized carbons (Fsp3) is 0.465. The van der Waals surface area contributed by atoms with Gasteiger partial charge in [0.1, 0.15) is 28.5 Å². The number of likely N-dealkylation sites (tertiary alicyclic amines) is 1. The summed E-state index contributed by atoms with van der Waals surface area (Å²) in [5.74, 6) is -1.51. The third kappa shape index (κ3) is 11.6. The topological polar surface area (TPSA) is 158 Å². The maximum absolute atomic E-state index is 13.4. The van der Waals surface area contributed by atoms with Crippen molar-refractivity contribution in [2.75, 3.05) is 39.3 Å². The summed E-state index contributed by atoms with van der Waals surface area (Å²) in [5.41, 5.74) is 0.793. The first kappa shape index (κ1) is 45.4. The van der Waals surface area contributed by atoms with E-state index in [-0.39, 0.29) is 53.6 Å². The lowest BCUT2D eigenvalue weighted by atomic mass is 10.0. The molecule has 17 heteroatoms. The molecule has 3 N–H and O–H groups in total. The molecule has 324 valence electrons. The average molecular weight is 887 g/mol. The summed E-state index contributed by atoms with van der Waals surface area (Å²) in [6.45, 7) is 12.3. The van der Waals surface area contributed by atoms with Crippen LogP contribution in [0.5, 0.6) is 0 Å². The van der Waals surface area contributed by atoms with Crippen molar-refractivity contribution >= 4 is 61.0 Å². The number of hydrogen-bond donors (Lipinski definition) is 3. The van der Waals surface area contributed by atoms with Gasteiger partial charge in [-0.05, 0) is 74.4 Å². The molecule has 0 saturated carbocycles. The van der Waals surface area contributed by atoms with E-state index in [9.17, 15) is 32.3 Å². The van der Waals surface area contributed by atoms with Crippen molar-refractivity contribution in [1.82, 2.24) is 24.9 Å². The van der Waals surface area contributed by atoms with Crippen LogP contribution in [0.15, 0.2) is 83.8 Å². The number of aliphatic hydroxyl groups is 1. The molecule has 3 aliphatic heterocycles. The Balaban J connectivity index is 0.000000232. The van der Waals surface area contributed by atoms with E-state index < -0.39 is 45.4 Å². The van der Waals surface area contributed by atoms with Gasteiger partial charge in [-0.2, -0.15) is 9.37 Å². The number of hydroxylamine groups is 2. The third-order valence-electron chi connectivity index (χ3n) is 10.4. The lowest BCUT2D eigenvalue weighted by Gasteiger charge is -2.25. The molecule has 3 amide bonds. The van der Waals surface area contributed by atoms with E-state index in [4.69, 9.17) is 21.2 Å². The van der Waals surface area contributed by atoms with Crippen LogP contribution < -0.4 is 10.6 Å². The van der Waals surface area contributed by atoms with Gasteiger partial charge in [-0.15, -0.1) is 11.3 Å². The summed E-state index contributed by atoms with van der Waals surface area (Å²) in [6.07, 6.45) is -0.767. The third-order valence-corrected chi connectivity index (χ3v) is 13.8. The van der Waals surface area contributed by atoms with E-state index in [1.165, 1.54) is 16.9 Å². The van der Waals surface area contributed by atoms with Crippen molar-refractivity contribution in [3.05, 3.63) is 100 Å². The number of ether oxygens (including phenoxy) is 1. The Morgan fingerprint density at radius 1 is 0.983 bits per heavy atom. The van der Waals surface area contributed by atoms with Gasteiger partial charge < -0.3 is 25.4 Å². The molecule has 0 aliphatic carbocycles. The largest absolute Gasteiger partial charge is 0.444 e. The molecule has 0 bridgehead atoms. The minimum Gasteiger partial charge on any atom is -0.444 e. The van der Waals surface area contributed by atoms with E-state index in [0.29, 0.717) is 30.3 Å². The smallest absolute Gasteiger partial charge is 0.410 e. The monoisotopic (exact) mass is 885 g/mol. The highest BCUT2D eigenvalue weighted by atomic mass is 35.5. The minimum absolute atomic E-state index is 0.0104. The Kier molecular flexibility index (Phi) is 14.6. The second kappa shape index (κ2) is 19.3. The van der Waals surface area contributed by atoms with E-state index >= 15 is 0 Å². The highest BCUT2D eigenvalue weighted by Crippen LogP contribution is 2.32. The number of halogens is 2. The predicted octanol–water partition coefficient (Wildman–Crippen LogP) is 6.31. The zero-order chi connectivity index (χ0) is 43.4. The number of nitrogens with one attached hydrogen (secondary N) is 2. The van der Waals surface area contributed by atoms with Crippen LogP contribution in [-0.2, 0) is 30.9 Å². The van der Waals surface area contributed by atoms with E-state index in [2.05, 4.69) is 22.8 Å². The molecule has 7 rings (SSSR count). The van der Waals surface area contributed by atoms with Gasteiger partial charge in [0.2, 0.25) is 15.9 Å². The number of benzene rings is 3. The van der Waals surface area contributed by atoms with Crippen LogP contribution in [0, 0.1) is 23.6 Å². The molecule has 3 saturated heterocycles. The normalized spacial score (nSPS) is 21.4. The van der Waals surface area contributed by atoms with E-state index in [1.54, 1.807) is 11.0 Å². The van der Waals surface area contributed by atoms with Crippen LogP contribution in [0.4, 0.5) is 9.18 Å². The molecule has 3 aromatic carbocycles. The summed E-state index contributed by atoms with van der Waals surface area (Å²) in [5, 5.41) is 18.8. The van der Waals surface area contributed by atoms with Crippen LogP contribution in [0.1, 0.15) is 56.3 Å². The Morgan fingerprint density at radius 2 is 1.70 bits per heavy atom. The van der Waals surface area contributed by atoms with Gasteiger partial charge in [-0.25, -0.2) is 17.6 Å². The fourth-order valence-electron chi connectivity index (χ4n) is 7.41. The summed E-state index contributed by atoms with van der Waals surface area (Å²) >= 11 is 7.30. The SMILES string of the molecule is CC(C)(C)OC(=O)N1C[C@@H]2CN(Cc3ccccc3)O[C@@H]2C1.CC(C)C[C@H](NC(=O)c1cc2ccccc2s1)C(=O)NC[C@H]1CN(S(=O)(=O)c2ccc(F)cc2Cl)C[C@H]1O. The minimum atomic E-state index is -4.07. The molecule has 3 fully saturated rings. The van der Waals surface area contributed by atoms with Gasteiger partial charge in [0.25, 0.3) is 5.91 Å². The molecule has 13 nitrogen and oxygen atoms in total. The summed E-state index contributed by atoms with van der Waals surface area (Å²) < 4.78 is 46.9. The van der Waals surface area contributed by atoms with Crippen molar-refractivity contribution in [3.63, 3.8) is 0 Å².